The van der Waals surface area contributed by atoms with E-state index in [2.05, 4.69) is 0 Å². The topological polar surface area (TPSA) is 38.7 Å². The molecule has 0 spiro atoms. The van der Waals surface area contributed by atoms with Gasteiger partial charge in [0, 0.05) is 0 Å². The average molecular weight is 252 g/mol. The number of methoxy groups -OCH3 is 2. The standard InChI is InChI=1S/C15H24O3/c1-15(2,3)13(16)10-9-11-7-6-8-12(17-4)14(11)18-5/h6-8,13,16H,9-10H2,1-5H3. The summed E-state index contributed by atoms with van der Waals surface area (Å²) < 4.78 is 10.6. The first kappa shape index (κ1) is 14.8. The van der Waals surface area contributed by atoms with Gasteiger partial charge in [0.15, 0.2) is 11.5 Å². The molecule has 0 saturated carbocycles. The summed E-state index contributed by atoms with van der Waals surface area (Å²) in [7, 11) is 3.27. The monoisotopic (exact) mass is 252 g/mol. The molecule has 0 aliphatic rings. The lowest BCUT2D eigenvalue weighted by molar-refractivity contribution is 0.0558. The molecule has 0 aliphatic heterocycles. The average Bonchev–Trinajstić information content (AvgIpc) is 2.33. The van der Waals surface area contributed by atoms with E-state index in [1.54, 1.807) is 14.2 Å². The molecule has 3 nitrogen and oxygen atoms in total. The van der Waals surface area contributed by atoms with E-state index in [9.17, 15) is 5.11 Å². The van der Waals surface area contributed by atoms with Crippen LogP contribution in [0, 0.1) is 5.41 Å². The van der Waals surface area contributed by atoms with Crippen LogP contribution in [0.1, 0.15) is 32.8 Å². The van der Waals surface area contributed by atoms with E-state index in [0.29, 0.717) is 6.42 Å². The summed E-state index contributed by atoms with van der Waals surface area (Å²) in [5.41, 5.74) is 0.978. The first-order valence-electron chi connectivity index (χ1n) is 6.28. The Kier molecular flexibility index (Phi) is 5.03. The van der Waals surface area contributed by atoms with Gasteiger partial charge in [-0.25, -0.2) is 0 Å². The number of rotatable bonds is 5. The summed E-state index contributed by atoms with van der Waals surface area (Å²) in [6.45, 7) is 6.13. The molecular weight excluding hydrogens is 228 g/mol. The number of aliphatic hydroxyl groups excluding tert-OH is 1. The Morgan fingerprint density at radius 3 is 2.33 bits per heavy atom. The van der Waals surface area contributed by atoms with Gasteiger partial charge < -0.3 is 14.6 Å². The summed E-state index contributed by atoms with van der Waals surface area (Å²) in [4.78, 5) is 0. The molecule has 0 fully saturated rings. The largest absolute Gasteiger partial charge is 0.493 e. The highest BCUT2D eigenvalue weighted by molar-refractivity contribution is 5.46. The maximum atomic E-state index is 10.1. The van der Waals surface area contributed by atoms with Gasteiger partial charge in [0.05, 0.1) is 20.3 Å². The molecule has 1 unspecified atom stereocenters. The number of hydrogen-bond donors (Lipinski definition) is 1. The van der Waals surface area contributed by atoms with Crippen LogP contribution in [-0.2, 0) is 6.42 Å². The number of aliphatic hydroxyl groups is 1. The van der Waals surface area contributed by atoms with Gasteiger partial charge in [-0.05, 0) is 29.9 Å². The lowest BCUT2D eigenvalue weighted by atomic mass is 9.85. The maximum absolute atomic E-state index is 10.1. The fourth-order valence-electron chi connectivity index (χ4n) is 1.88. The molecule has 0 aliphatic carbocycles. The summed E-state index contributed by atoms with van der Waals surface area (Å²) in [5, 5.41) is 10.1. The molecule has 0 saturated heterocycles. The van der Waals surface area contributed by atoms with Gasteiger partial charge in [-0.15, -0.1) is 0 Å². The van der Waals surface area contributed by atoms with E-state index >= 15 is 0 Å². The van der Waals surface area contributed by atoms with Crippen LogP contribution in [0.2, 0.25) is 0 Å². The van der Waals surface area contributed by atoms with Gasteiger partial charge in [-0.2, -0.15) is 0 Å². The van der Waals surface area contributed by atoms with Crippen LogP contribution in [0.3, 0.4) is 0 Å². The van der Waals surface area contributed by atoms with Crippen molar-refractivity contribution in [3.63, 3.8) is 0 Å². The van der Waals surface area contributed by atoms with Gasteiger partial charge >= 0.3 is 0 Å². The molecule has 1 aromatic rings. The Bertz CT molecular complexity index is 380. The molecule has 1 N–H and O–H groups in total. The van der Waals surface area contributed by atoms with Gasteiger partial charge in [0.1, 0.15) is 0 Å². The summed E-state index contributed by atoms with van der Waals surface area (Å²) in [6.07, 6.45) is 1.17. The SMILES string of the molecule is COc1cccc(CCC(O)C(C)(C)C)c1OC. The maximum Gasteiger partial charge on any atom is 0.163 e. The van der Waals surface area contributed by atoms with Crippen molar-refractivity contribution in [3.05, 3.63) is 23.8 Å². The molecule has 0 amide bonds. The molecule has 18 heavy (non-hydrogen) atoms. The molecule has 102 valence electrons. The van der Waals surface area contributed by atoms with Crippen LogP contribution < -0.4 is 9.47 Å². The molecule has 1 rings (SSSR count). The number of benzene rings is 1. The van der Waals surface area contributed by atoms with Crippen molar-refractivity contribution in [1.82, 2.24) is 0 Å². The zero-order valence-electron chi connectivity index (χ0n) is 12.0. The molecule has 1 atom stereocenters. The van der Waals surface area contributed by atoms with Crippen molar-refractivity contribution >= 4 is 0 Å². The second-order valence-electron chi connectivity index (χ2n) is 5.57. The lowest BCUT2D eigenvalue weighted by Gasteiger charge is -2.26. The van der Waals surface area contributed by atoms with Crippen molar-refractivity contribution in [3.8, 4) is 11.5 Å². The van der Waals surface area contributed by atoms with Crippen molar-refractivity contribution in [1.29, 1.82) is 0 Å². The summed E-state index contributed by atoms with van der Waals surface area (Å²) in [6, 6.07) is 5.83. The third-order valence-corrected chi connectivity index (χ3v) is 3.17. The van der Waals surface area contributed by atoms with Crippen LogP contribution in [0.4, 0.5) is 0 Å². The van der Waals surface area contributed by atoms with Crippen LogP contribution in [-0.4, -0.2) is 25.4 Å². The second kappa shape index (κ2) is 6.10. The highest BCUT2D eigenvalue weighted by Crippen LogP contribution is 2.32. The minimum Gasteiger partial charge on any atom is -0.493 e. The van der Waals surface area contributed by atoms with E-state index in [-0.39, 0.29) is 11.5 Å². The fraction of sp³-hybridized carbons (Fsp3) is 0.600. The third kappa shape index (κ3) is 3.64. The summed E-state index contributed by atoms with van der Waals surface area (Å²) in [5.74, 6) is 1.50. The number of ether oxygens (including phenoxy) is 2. The van der Waals surface area contributed by atoms with Crippen LogP contribution in [0.5, 0.6) is 11.5 Å². The smallest absolute Gasteiger partial charge is 0.163 e. The normalized spacial score (nSPS) is 13.2. The predicted molar refractivity (Wildman–Crippen MR) is 73.3 cm³/mol. The minimum atomic E-state index is -0.326. The Morgan fingerprint density at radius 2 is 1.83 bits per heavy atom. The Balaban J connectivity index is 2.79. The van der Waals surface area contributed by atoms with E-state index in [0.717, 1.165) is 23.5 Å². The van der Waals surface area contributed by atoms with Crippen LogP contribution in [0.15, 0.2) is 18.2 Å². The number of hydrogen-bond acceptors (Lipinski definition) is 3. The molecule has 0 aromatic heterocycles. The first-order chi connectivity index (χ1) is 8.40. The molecule has 1 aromatic carbocycles. The van der Waals surface area contributed by atoms with Crippen LogP contribution in [0.25, 0.3) is 0 Å². The van der Waals surface area contributed by atoms with Gasteiger partial charge in [-0.3, -0.25) is 0 Å². The molecule has 3 heteroatoms. The van der Waals surface area contributed by atoms with Crippen molar-refractivity contribution in [2.24, 2.45) is 5.41 Å². The van der Waals surface area contributed by atoms with Crippen molar-refractivity contribution in [2.75, 3.05) is 14.2 Å². The Labute approximate surface area is 110 Å². The van der Waals surface area contributed by atoms with E-state index in [4.69, 9.17) is 9.47 Å². The Morgan fingerprint density at radius 1 is 1.17 bits per heavy atom. The zero-order chi connectivity index (χ0) is 13.8. The van der Waals surface area contributed by atoms with Crippen molar-refractivity contribution in [2.45, 2.75) is 39.7 Å². The van der Waals surface area contributed by atoms with E-state index < -0.39 is 0 Å². The first-order valence-corrected chi connectivity index (χ1v) is 6.28. The predicted octanol–water partition coefficient (Wildman–Crippen LogP) is 3.04. The van der Waals surface area contributed by atoms with Crippen LogP contribution >= 0.6 is 0 Å². The number of para-hydroxylation sites is 1. The molecular formula is C15H24O3. The minimum absolute atomic E-state index is 0.0912. The van der Waals surface area contributed by atoms with E-state index in [1.165, 1.54) is 0 Å². The molecule has 0 heterocycles. The van der Waals surface area contributed by atoms with Gasteiger partial charge in [0.2, 0.25) is 0 Å². The lowest BCUT2D eigenvalue weighted by Crippen LogP contribution is -2.26. The van der Waals surface area contributed by atoms with Crippen molar-refractivity contribution < 1.29 is 14.6 Å². The van der Waals surface area contributed by atoms with Gasteiger partial charge in [-0.1, -0.05) is 32.9 Å². The number of aryl methyl sites for hydroxylation is 1. The summed E-state index contributed by atoms with van der Waals surface area (Å²) >= 11 is 0. The second-order valence-corrected chi connectivity index (χ2v) is 5.57. The fourth-order valence-corrected chi connectivity index (χ4v) is 1.88. The highest BCUT2D eigenvalue weighted by atomic mass is 16.5. The quantitative estimate of drug-likeness (QED) is 0.875. The molecule has 0 bridgehead atoms. The highest BCUT2D eigenvalue weighted by Gasteiger charge is 2.22. The zero-order valence-corrected chi connectivity index (χ0v) is 12.0. The molecule has 0 radical (unpaired) electrons. The van der Waals surface area contributed by atoms with Gasteiger partial charge in [0.25, 0.3) is 0 Å². The Hall–Kier alpha value is -1.22. The van der Waals surface area contributed by atoms with E-state index in [1.807, 2.05) is 39.0 Å². The third-order valence-electron chi connectivity index (χ3n) is 3.17.